The number of halogens is 1. The van der Waals surface area contributed by atoms with E-state index >= 15 is 0 Å². The molecule has 2 N–H and O–H groups in total. The number of ether oxygens (including phenoxy) is 2. The molecule has 0 aliphatic rings. The summed E-state index contributed by atoms with van der Waals surface area (Å²) in [5.41, 5.74) is 6.20. The molecule has 0 heterocycles. The molecule has 0 atom stereocenters. The van der Waals surface area contributed by atoms with Gasteiger partial charge >= 0.3 is 5.97 Å². The molecule has 0 aromatic heterocycles. The number of anilines is 1. The minimum absolute atomic E-state index is 0.205. The zero-order valence-corrected chi connectivity index (χ0v) is 9.30. The molecular formula is C10H12ClNO3. The lowest BCUT2D eigenvalue weighted by Gasteiger charge is -2.11. The predicted octanol–water partition coefficient (Wildman–Crippen LogP) is 2.11. The second-order valence-electron chi connectivity index (χ2n) is 2.76. The number of esters is 1. The van der Waals surface area contributed by atoms with Crippen LogP contribution in [0.2, 0.25) is 5.02 Å². The van der Waals surface area contributed by atoms with Crippen LogP contribution in [0.15, 0.2) is 12.1 Å². The van der Waals surface area contributed by atoms with Crippen molar-refractivity contribution in [2.75, 3.05) is 19.5 Å². The average Bonchev–Trinajstić information content (AvgIpc) is 2.23. The van der Waals surface area contributed by atoms with Crippen LogP contribution in [0.25, 0.3) is 0 Å². The Hall–Kier alpha value is -1.42. The van der Waals surface area contributed by atoms with E-state index < -0.39 is 5.97 Å². The maximum atomic E-state index is 11.3. The Kier molecular flexibility index (Phi) is 3.80. The summed E-state index contributed by atoms with van der Waals surface area (Å²) in [6, 6.07) is 3.06. The lowest BCUT2D eigenvalue weighted by molar-refractivity contribution is 0.0601. The largest absolute Gasteiger partial charge is 0.490 e. The van der Waals surface area contributed by atoms with Gasteiger partial charge in [-0.15, -0.1) is 0 Å². The van der Waals surface area contributed by atoms with Crippen LogP contribution < -0.4 is 10.5 Å². The van der Waals surface area contributed by atoms with Crippen molar-refractivity contribution in [2.24, 2.45) is 0 Å². The van der Waals surface area contributed by atoms with Gasteiger partial charge in [-0.25, -0.2) is 4.79 Å². The van der Waals surface area contributed by atoms with Crippen LogP contribution >= 0.6 is 11.6 Å². The van der Waals surface area contributed by atoms with E-state index in [4.69, 9.17) is 22.1 Å². The van der Waals surface area contributed by atoms with E-state index in [0.717, 1.165) is 0 Å². The number of benzene rings is 1. The Morgan fingerprint density at radius 1 is 1.53 bits per heavy atom. The SMILES string of the molecule is CCOc1c(Cl)ccc(C(=O)OC)c1N. The first-order valence-corrected chi connectivity index (χ1v) is 4.78. The Morgan fingerprint density at radius 3 is 2.73 bits per heavy atom. The summed E-state index contributed by atoms with van der Waals surface area (Å²) < 4.78 is 9.81. The first kappa shape index (κ1) is 11.7. The quantitative estimate of drug-likeness (QED) is 0.637. The zero-order valence-electron chi connectivity index (χ0n) is 8.54. The number of hydrogen-bond acceptors (Lipinski definition) is 4. The van der Waals surface area contributed by atoms with E-state index in [0.29, 0.717) is 17.4 Å². The Bertz CT molecular complexity index is 379. The van der Waals surface area contributed by atoms with Crippen molar-refractivity contribution in [3.63, 3.8) is 0 Å². The summed E-state index contributed by atoms with van der Waals surface area (Å²) >= 11 is 5.87. The van der Waals surface area contributed by atoms with Gasteiger partial charge in [0.05, 0.1) is 30.0 Å². The summed E-state index contributed by atoms with van der Waals surface area (Å²) in [5, 5.41) is 0.377. The van der Waals surface area contributed by atoms with Crippen molar-refractivity contribution in [1.29, 1.82) is 0 Å². The number of hydrogen-bond donors (Lipinski definition) is 1. The van der Waals surface area contributed by atoms with Gasteiger partial charge in [-0.2, -0.15) is 0 Å². The van der Waals surface area contributed by atoms with Crippen molar-refractivity contribution in [1.82, 2.24) is 0 Å². The highest BCUT2D eigenvalue weighted by molar-refractivity contribution is 6.32. The molecule has 0 aliphatic heterocycles. The first-order valence-electron chi connectivity index (χ1n) is 4.40. The van der Waals surface area contributed by atoms with Gasteiger partial charge in [-0.3, -0.25) is 0 Å². The molecule has 0 radical (unpaired) electrons. The number of methoxy groups -OCH3 is 1. The van der Waals surface area contributed by atoms with Crippen molar-refractivity contribution in [3.05, 3.63) is 22.7 Å². The van der Waals surface area contributed by atoms with Gasteiger partial charge in [0.2, 0.25) is 0 Å². The van der Waals surface area contributed by atoms with Crippen LogP contribution in [0.1, 0.15) is 17.3 Å². The van der Waals surface area contributed by atoms with Crippen molar-refractivity contribution in [3.8, 4) is 5.75 Å². The fraction of sp³-hybridized carbons (Fsp3) is 0.300. The van der Waals surface area contributed by atoms with Crippen LogP contribution in [-0.4, -0.2) is 19.7 Å². The molecule has 0 bridgehead atoms. The molecular weight excluding hydrogens is 218 g/mol. The molecule has 1 rings (SSSR count). The number of carbonyl (C=O) groups excluding carboxylic acids is 1. The van der Waals surface area contributed by atoms with E-state index in [9.17, 15) is 4.79 Å². The second kappa shape index (κ2) is 4.89. The monoisotopic (exact) mass is 229 g/mol. The fourth-order valence-corrected chi connectivity index (χ4v) is 1.37. The molecule has 5 heteroatoms. The Labute approximate surface area is 92.9 Å². The highest BCUT2D eigenvalue weighted by atomic mass is 35.5. The lowest BCUT2D eigenvalue weighted by Crippen LogP contribution is -2.08. The summed E-state index contributed by atoms with van der Waals surface area (Å²) in [6.45, 7) is 2.23. The van der Waals surface area contributed by atoms with Crippen molar-refractivity contribution >= 4 is 23.3 Å². The van der Waals surface area contributed by atoms with Crippen LogP contribution in [0.3, 0.4) is 0 Å². The van der Waals surface area contributed by atoms with E-state index in [-0.39, 0.29) is 11.3 Å². The maximum absolute atomic E-state index is 11.3. The maximum Gasteiger partial charge on any atom is 0.340 e. The number of rotatable bonds is 3. The van der Waals surface area contributed by atoms with Crippen LogP contribution in [-0.2, 0) is 4.74 Å². The zero-order chi connectivity index (χ0) is 11.4. The topological polar surface area (TPSA) is 61.5 Å². The van der Waals surface area contributed by atoms with Crippen molar-refractivity contribution < 1.29 is 14.3 Å². The van der Waals surface area contributed by atoms with Gasteiger partial charge in [0.1, 0.15) is 0 Å². The third-order valence-corrected chi connectivity index (χ3v) is 2.14. The average molecular weight is 230 g/mol. The van der Waals surface area contributed by atoms with Gasteiger partial charge in [-0.05, 0) is 19.1 Å². The number of nitrogen functional groups attached to an aromatic ring is 1. The van der Waals surface area contributed by atoms with Gasteiger partial charge in [0.25, 0.3) is 0 Å². The molecule has 1 aromatic rings. The normalized spacial score (nSPS) is 9.80. The second-order valence-corrected chi connectivity index (χ2v) is 3.17. The number of carbonyl (C=O) groups is 1. The molecule has 0 unspecified atom stereocenters. The molecule has 0 saturated carbocycles. The van der Waals surface area contributed by atoms with Crippen LogP contribution in [0.4, 0.5) is 5.69 Å². The van der Waals surface area contributed by atoms with E-state index in [1.54, 1.807) is 13.0 Å². The molecule has 0 saturated heterocycles. The van der Waals surface area contributed by atoms with Crippen LogP contribution in [0.5, 0.6) is 5.75 Å². The molecule has 1 aromatic carbocycles. The highest BCUT2D eigenvalue weighted by Gasteiger charge is 2.16. The summed E-state index contributed by atoms with van der Waals surface area (Å²) in [6.07, 6.45) is 0. The summed E-state index contributed by atoms with van der Waals surface area (Å²) in [4.78, 5) is 11.3. The summed E-state index contributed by atoms with van der Waals surface area (Å²) in [5.74, 6) is -0.188. The minimum atomic E-state index is -0.509. The molecule has 4 nitrogen and oxygen atoms in total. The molecule has 0 aliphatic carbocycles. The highest BCUT2D eigenvalue weighted by Crippen LogP contribution is 2.33. The van der Waals surface area contributed by atoms with E-state index in [1.807, 2.05) is 0 Å². The van der Waals surface area contributed by atoms with Crippen LogP contribution in [0, 0.1) is 0 Å². The first-order chi connectivity index (χ1) is 7.11. The standard InChI is InChI=1S/C10H12ClNO3/c1-3-15-9-7(11)5-4-6(8(9)12)10(13)14-2/h4-5H,3,12H2,1-2H3. The number of nitrogens with two attached hydrogens (primary N) is 1. The third kappa shape index (κ3) is 2.33. The minimum Gasteiger partial charge on any atom is -0.490 e. The Morgan fingerprint density at radius 2 is 2.20 bits per heavy atom. The smallest absolute Gasteiger partial charge is 0.340 e. The van der Waals surface area contributed by atoms with E-state index in [2.05, 4.69) is 4.74 Å². The molecule has 15 heavy (non-hydrogen) atoms. The van der Waals surface area contributed by atoms with Crippen molar-refractivity contribution in [2.45, 2.75) is 6.92 Å². The van der Waals surface area contributed by atoms with Gasteiger partial charge < -0.3 is 15.2 Å². The predicted molar refractivity (Wildman–Crippen MR) is 58.4 cm³/mol. The van der Waals surface area contributed by atoms with Gasteiger partial charge in [0, 0.05) is 0 Å². The Balaban J connectivity index is 3.21. The molecule has 82 valence electrons. The fourth-order valence-electron chi connectivity index (χ4n) is 1.15. The third-order valence-electron chi connectivity index (χ3n) is 1.84. The molecule has 0 amide bonds. The van der Waals surface area contributed by atoms with Gasteiger partial charge in [0.15, 0.2) is 5.75 Å². The summed E-state index contributed by atoms with van der Waals surface area (Å²) in [7, 11) is 1.29. The molecule has 0 spiro atoms. The van der Waals surface area contributed by atoms with Gasteiger partial charge in [-0.1, -0.05) is 11.6 Å². The van der Waals surface area contributed by atoms with E-state index in [1.165, 1.54) is 13.2 Å². The lowest BCUT2D eigenvalue weighted by atomic mass is 10.1. The molecule has 0 fully saturated rings.